The van der Waals surface area contributed by atoms with E-state index in [0.29, 0.717) is 16.9 Å². The van der Waals surface area contributed by atoms with Crippen molar-refractivity contribution in [2.24, 2.45) is 5.92 Å². The van der Waals surface area contributed by atoms with E-state index < -0.39 is 0 Å². The summed E-state index contributed by atoms with van der Waals surface area (Å²) in [4.78, 5) is 28.7. The second-order valence-corrected chi connectivity index (χ2v) is 7.11. The van der Waals surface area contributed by atoms with E-state index in [2.05, 4.69) is 20.7 Å². The maximum atomic E-state index is 12.5. The lowest BCUT2D eigenvalue weighted by molar-refractivity contribution is -0.117. The van der Waals surface area contributed by atoms with Gasteiger partial charge in [-0.3, -0.25) is 9.59 Å². The van der Waals surface area contributed by atoms with Gasteiger partial charge in [-0.1, -0.05) is 0 Å². The number of aromatic nitrogens is 3. The smallest absolute Gasteiger partial charge is 0.255 e. The first-order valence-corrected chi connectivity index (χ1v) is 9.07. The molecule has 27 heavy (non-hydrogen) atoms. The molecule has 3 aromatic rings. The second kappa shape index (κ2) is 6.83. The van der Waals surface area contributed by atoms with Crippen molar-refractivity contribution in [1.29, 1.82) is 0 Å². The lowest BCUT2D eigenvalue weighted by atomic mass is 10.2. The van der Waals surface area contributed by atoms with Crippen molar-refractivity contribution in [2.45, 2.75) is 32.7 Å². The molecule has 1 aliphatic carbocycles. The third kappa shape index (κ3) is 3.67. The molecular weight excluding hydrogens is 342 g/mol. The van der Waals surface area contributed by atoms with Crippen molar-refractivity contribution >= 4 is 34.2 Å². The number of nitrogens with one attached hydrogen (secondary N) is 2. The van der Waals surface area contributed by atoms with Gasteiger partial charge in [-0.05, 0) is 57.0 Å². The topological polar surface area (TPSA) is 88.9 Å². The molecule has 0 bridgehead atoms. The van der Waals surface area contributed by atoms with Crippen LogP contribution >= 0.6 is 0 Å². The summed E-state index contributed by atoms with van der Waals surface area (Å²) in [6.45, 7) is 4.08. The minimum Gasteiger partial charge on any atom is -0.326 e. The highest BCUT2D eigenvalue weighted by Gasteiger charge is 2.29. The van der Waals surface area contributed by atoms with E-state index in [4.69, 9.17) is 0 Å². The van der Waals surface area contributed by atoms with Crippen LogP contribution in [0.15, 0.2) is 42.7 Å². The maximum Gasteiger partial charge on any atom is 0.255 e. The molecule has 1 aromatic carbocycles. The van der Waals surface area contributed by atoms with Crippen molar-refractivity contribution in [3.8, 4) is 0 Å². The van der Waals surface area contributed by atoms with Crippen molar-refractivity contribution in [3.63, 3.8) is 0 Å². The summed E-state index contributed by atoms with van der Waals surface area (Å²) < 4.78 is 1.84. The standard InChI is InChI=1S/C20H21N5O2/c1-12(2)25-18-15(10-22-25)9-17(11-21-18)24-20(27)14-5-7-16(8-6-14)23-19(26)13-3-4-13/h5-13H,3-4H2,1-2H3,(H,23,26)(H,24,27). The highest BCUT2D eigenvalue weighted by Crippen LogP contribution is 2.30. The number of rotatable bonds is 5. The molecule has 2 heterocycles. The Morgan fingerprint density at radius 3 is 2.48 bits per heavy atom. The van der Waals surface area contributed by atoms with Crippen LogP contribution in [-0.4, -0.2) is 26.6 Å². The first-order valence-electron chi connectivity index (χ1n) is 9.07. The van der Waals surface area contributed by atoms with E-state index >= 15 is 0 Å². The molecule has 138 valence electrons. The van der Waals surface area contributed by atoms with Gasteiger partial charge in [0.25, 0.3) is 5.91 Å². The van der Waals surface area contributed by atoms with Crippen LogP contribution in [0.2, 0.25) is 0 Å². The largest absolute Gasteiger partial charge is 0.326 e. The highest BCUT2D eigenvalue weighted by atomic mass is 16.2. The normalized spacial score (nSPS) is 13.7. The molecule has 0 saturated heterocycles. The number of anilines is 2. The third-order valence-corrected chi connectivity index (χ3v) is 4.54. The fourth-order valence-corrected chi connectivity index (χ4v) is 2.88. The van der Waals surface area contributed by atoms with E-state index in [1.54, 1.807) is 36.7 Å². The number of hydrogen-bond acceptors (Lipinski definition) is 4. The van der Waals surface area contributed by atoms with Crippen LogP contribution in [0.3, 0.4) is 0 Å². The molecule has 4 rings (SSSR count). The molecule has 0 spiro atoms. The summed E-state index contributed by atoms with van der Waals surface area (Å²) >= 11 is 0. The predicted octanol–water partition coefficient (Wildman–Crippen LogP) is 3.61. The van der Waals surface area contributed by atoms with Crippen LogP contribution in [0.1, 0.15) is 43.1 Å². The first-order chi connectivity index (χ1) is 13.0. The minimum atomic E-state index is -0.229. The predicted molar refractivity (Wildman–Crippen MR) is 104 cm³/mol. The Kier molecular flexibility index (Phi) is 4.35. The molecule has 2 amide bonds. The number of amides is 2. The Labute approximate surface area is 156 Å². The molecule has 0 atom stereocenters. The fourth-order valence-electron chi connectivity index (χ4n) is 2.88. The number of fused-ring (bicyclic) bond motifs is 1. The van der Waals surface area contributed by atoms with Crippen molar-refractivity contribution < 1.29 is 9.59 Å². The highest BCUT2D eigenvalue weighted by molar-refractivity contribution is 6.05. The number of carbonyl (C=O) groups excluding carboxylic acids is 2. The van der Waals surface area contributed by atoms with Crippen molar-refractivity contribution in [3.05, 3.63) is 48.3 Å². The van der Waals surface area contributed by atoms with Gasteiger partial charge >= 0.3 is 0 Å². The average Bonchev–Trinajstić information content (AvgIpc) is 3.42. The van der Waals surface area contributed by atoms with E-state index in [0.717, 1.165) is 23.9 Å². The van der Waals surface area contributed by atoms with Gasteiger partial charge in [0.05, 0.1) is 18.1 Å². The Bertz CT molecular complexity index is 1000. The van der Waals surface area contributed by atoms with Crippen LogP contribution in [0.4, 0.5) is 11.4 Å². The van der Waals surface area contributed by atoms with Crippen LogP contribution in [0.5, 0.6) is 0 Å². The molecule has 1 saturated carbocycles. The maximum absolute atomic E-state index is 12.5. The molecule has 2 aromatic heterocycles. The zero-order valence-corrected chi connectivity index (χ0v) is 15.3. The van der Waals surface area contributed by atoms with E-state index in [1.807, 2.05) is 24.6 Å². The molecule has 0 radical (unpaired) electrons. The van der Waals surface area contributed by atoms with Gasteiger partial charge in [-0.2, -0.15) is 5.10 Å². The van der Waals surface area contributed by atoms with Crippen LogP contribution in [0, 0.1) is 5.92 Å². The zero-order chi connectivity index (χ0) is 19.0. The van der Waals surface area contributed by atoms with Gasteiger partial charge < -0.3 is 10.6 Å². The summed E-state index contributed by atoms with van der Waals surface area (Å²) in [5.41, 5.74) is 2.62. The molecular formula is C20H21N5O2. The Balaban J connectivity index is 1.45. The van der Waals surface area contributed by atoms with Gasteiger partial charge in [0.2, 0.25) is 5.91 Å². The van der Waals surface area contributed by atoms with Crippen LogP contribution in [-0.2, 0) is 4.79 Å². The number of pyridine rings is 1. The van der Waals surface area contributed by atoms with Crippen LogP contribution in [0.25, 0.3) is 11.0 Å². The van der Waals surface area contributed by atoms with E-state index in [9.17, 15) is 9.59 Å². The van der Waals surface area contributed by atoms with Gasteiger partial charge in [-0.25, -0.2) is 9.67 Å². The molecule has 0 aliphatic heterocycles. The number of carbonyl (C=O) groups is 2. The lowest BCUT2D eigenvalue weighted by Gasteiger charge is -2.08. The molecule has 0 unspecified atom stereocenters. The van der Waals surface area contributed by atoms with Gasteiger partial charge in [0.15, 0.2) is 5.65 Å². The quantitative estimate of drug-likeness (QED) is 0.725. The Hall–Kier alpha value is -3.22. The number of hydrogen-bond donors (Lipinski definition) is 2. The van der Waals surface area contributed by atoms with E-state index in [1.165, 1.54) is 0 Å². The summed E-state index contributed by atoms with van der Waals surface area (Å²) in [7, 11) is 0. The Morgan fingerprint density at radius 1 is 1.07 bits per heavy atom. The van der Waals surface area contributed by atoms with Crippen LogP contribution < -0.4 is 10.6 Å². The third-order valence-electron chi connectivity index (χ3n) is 4.54. The van der Waals surface area contributed by atoms with Gasteiger partial charge in [-0.15, -0.1) is 0 Å². The summed E-state index contributed by atoms with van der Waals surface area (Å²) in [6.07, 6.45) is 5.29. The zero-order valence-electron chi connectivity index (χ0n) is 15.3. The van der Waals surface area contributed by atoms with E-state index in [-0.39, 0.29) is 23.8 Å². The summed E-state index contributed by atoms with van der Waals surface area (Å²) in [5, 5.41) is 10.9. The minimum absolute atomic E-state index is 0.0496. The molecule has 1 aliphatic rings. The number of benzene rings is 1. The fraction of sp³-hybridized carbons (Fsp3) is 0.300. The lowest BCUT2D eigenvalue weighted by Crippen LogP contribution is -2.14. The SMILES string of the molecule is CC(C)n1ncc2cc(NC(=O)c3ccc(NC(=O)C4CC4)cc3)cnc21. The average molecular weight is 363 g/mol. The molecule has 2 N–H and O–H groups in total. The molecule has 1 fully saturated rings. The summed E-state index contributed by atoms with van der Waals surface area (Å²) in [5.74, 6) is -0.0311. The number of nitrogens with zero attached hydrogens (tertiary/aromatic N) is 3. The second-order valence-electron chi connectivity index (χ2n) is 7.11. The molecule has 7 heteroatoms. The Morgan fingerprint density at radius 2 is 1.81 bits per heavy atom. The van der Waals surface area contributed by atoms with Crippen molar-refractivity contribution in [1.82, 2.24) is 14.8 Å². The van der Waals surface area contributed by atoms with Gasteiger partial charge in [0.1, 0.15) is 0 Å². The van der Waals surface area contributed by atoms with Gasteiger partial charge in [0, 0.05) is 28.6 Å². The molecule has 7 nitrogen and oxygen atoms in total. The van der Waals surface area contributed by atoms with Crippen molar-refractivity contribution in [2.75, 3.05) is 10.6 Å². The summed E-state index contributed by atoms with van der Waals surface area (Å²) in [6, 6.07) is 8.94. The monoisotopic (exact) mass is 363 g/mol. The first kappa shape index (κ1) is 17.2.